The van der Waals surface area contributed by atoms with Crippen LogP contribution in [0.1, 0.15) is 39.0 Å². The zero-order valence-electron chi connectivity index (χ0n) is 9.29. The molecule has 0 amide bonds. The highest BCUT2D eigenvalue weighted by Gasteiger charge is 2.23. The Bertz CT molecular complexity index is 182. The summed E-state index contributed by atoms with van der Waals surface area (Å²) < 4.78 is 5.13. The fraction of sp³-hybridized carbons (Fsp3) is 0.909. The van der Waals surface area contributed by atoms with E-state index in [1.54, 1.807) is 0 Å². The molecular weight excluding hydrogens is 178 g/mol. The van der Waals surface area contributed by atoms with Crippen LogP contribution in [-0.2, 0) is 9.53 Å². The number of esters is 1. The summed E-state index contributed by atoms with van der Waals surface area (Å²) in [5, 5.41) is 0. The van der Waals surface area contributed by atoms with Crippen LogP contribution in [-0.4, -0.2) is 37.1 Å². The Balaban J connectivity index is 2.13. The van der Waals surface area contributed by atoms with E-state index in [-0.39, 0.29) is 5.97 Å². The quantitative estimate of drug-likeness (QED) is 0.499. The van der Waals surface area contributed by atoms with Gasteiger partial charge in [0.2, 0.25) is 0 Å². The van der Waals surface area contributed by atoms with Crippen molar-refractivity contribution in [3.8, 4) is 0 Å². The summed E-state index contributed by atoms with van der Waals surface area (Å²) in [5.74, 6) is -0.0304. The van der Waals surface area contributed by atoms with Gasteiger partial charge in [-0.15, -0.1) is 0 Å². The number of ether oxygens (including phenoxy) is 1. The van der Waals surface area contributed by atoms with Gasteiger partial charge in [-0.1, -0.05) is 13.3 Å². The Kier molecular flexibility index (Phi) is 4.94. The van der Waals surface area contributed by atoms with Crippen molar-refractivity contribution in [2.75, 3.05) is 20.2 Å². The van der Waals surface area contributed by atoms with Crippen LogP contribution in [0.4, 0.5) is 0 Å². The predicted octanol–water partition coefficient (Wildman–Crippen LogP) is 1.81. The van der Waals surface area contributed by atoms with Crippen LogP contribution in [0, 0.1) is 0 Å². The molecule has 1 fully saturated rings. The Labute approximate surface area is 86.4 Å². The summed E-state index contributed by atoms with van der Waals surface area (Å²) in [5.41, 5.74) is 0. The van der Waals surface area contributed by atoms with Crippen molar-refractivity contribution >= 4 is 5.97 Å². The average Bonchev–Trinajstić information content (AvgIpc) is 2.52. The number of rotatable bonds is 5. The molecule has 0 radical (unpaired) electrons. The molecule has 0 N–H and O–H groups in total. The topological polar surface area (TPSA) is 29.5 Å². The van der Waals surface area contributed by atoms with E-state index in [1.165, 1.54) is 6.42 Å². The molecule has 3 nitrogen and oxygen atoms in total. The molecule has 0 spiro atoms. The molecule has 0 saturated carbocycles. The highest BCUT2D eigenvalue weighted by atomic mass is 16.5. The molecular formula is C11H21NO2. The number of nitrogens with zero attached hydrogens (tertiary/aromatic N) is 1. The number of hydrogen-bond acceptors (Lipinski definition) is 3. The van der Waals surface area contributed by atoms with Crippen molar-refractivity contribution in [1.29, 1.82) is 0 Å². The van der Waals surface area contributed by atoms with E-state index in [4.69, 9.17) is 4.74 Å². The molecule has 1 aliphatic rings. The number of carbonyl (C=O) groups excluding carboxylic acids is 1. The standard InChI is InChI=1S/C11H21NO2/c1-3-4-8-14-11(13)9-10-6-5-7-12(10)2/h10H,3-9H2,1-2H3. The smallest absolute Gasteiger partial charge is 0.307 e. The van der Waals surface area contributed by atoms with E-state index < -0.39 is 0 Å². The van der Waals surface area contributed by atoms with Crippen LogP contribution >= 0.6 is 0 Å². The molecule has 0 aromatic heterocycles. The van der Waals surface area contributed by atoms with Crippen LogP contribution in [0.2, 0.25) is 0 Å². The third kappa shape index (κ3) is 3.66. The van der Waals surface area contributed by atoms with Gasteiger partial charge in [0.15, 0.2) is 0 Å². The third-order valence-electron chi connectivity index (χ3n) is 2.83. The molecule has 0 aromatic rings. The zero-order chi connectivity index (χ0) is 10.4. The largest absolute Gasteiger partial charge is 0.466 e. The first-order valence-corrected chi connectivity index (χ1v) is 5.60. The van der Waals surface area contributed by atoms with Gasteiger partial charge in [-0.2, -0.15) is 0 Å². The summed E-state index contributed by atoms with van der Waals surface area (Å²) in [6.07, 6.45) is 4.98. The van der Waals surface area contributed by atoms with Gasteiger partial charge in [-0.05, 0) is 32.9 Å². The monoisotopic (exact) mass is 199 g/mol. The Hall–Kier alpha value is -0.570. The lowest BCUT2D eigenvalue weighted by atomic mass is 10.1. The van der Waals surface area contributed by atoms with Crippen molar-refractivity contribution in [3.05, 3.63) is 0 Å². The van der Waals surface area contributed by atoms with Gasteiger partial charge in [0.05, 0.1) is 13.0 Å². The molecule has 1 heterocycles. The van der Waals surface area contributed by atoms with Crippen LogP contribution in [0.15, 0.2) is 0 Å². The Morgan fingerprint density at radius 2 is 2.36 bits per heavy atom. The van der Waals surface area contributed by atoms with E-state index >= 15 is 0 Å². The second-order valence-electron chi connectivity index (χ2n) is 4.05. The minimum absolute atomic E-state index is 0.0304. The van der Waals surface area contributed by atoms with Crippen molar-refractivity contribution in [3.63, 3.8) is 0 Å². The fourth-order valence-corrected chi connectivity index (χ4v) is 1.82. The maximum absolute atomic E-state index is 11.4. The van der Waals surface area contributed by atoms with Gasteiger partial charge in [-0.3, -0.25) is 4.79 Å². The van der Waals surface area contributed by atoms with E-state index in [9.17, 15) is 4.79 Å². The van der Waals surface area contributed by atoms with E-state index in [0.717, 1.165) is 25.8 Å². The lowest BCUT2D eigenvalue weighted by molar-refractivity contribution is -0.144. The first-order valence-electron chi connectivity index (χ1n) is 5.60. The molecule has 1 unspecified atom stereocenters. The molecule has 1 rings (SSSR count). The first kappa shape index (κ1) is 11.5. The van der Waals surface area contributed by atoms with Crippen molar-refractivity contribution in [1.82, 2.24) is 4.90 Å². The molecule has 3 heteroatoms. The van der Waals surface area contributed by atoms with Crippen molar-refractivity contribution in [2.24, 2.45) is 0 Å². The molecule has 1 saturated heterocycles. The number of carbonyl (C=O) groups is 1. The number of likely N-dealkylation sites (tertiary alicyclic amines) is 1. The SMILES string of the molecule is CCCCOC(=O)CC1CCCN1C. The summed E-state index contributed by atoms with van der Waals surface area (Å²) in [6.45, 7) is 3.80. The summed E-state index contributed by atoms with van der Waals surface area (Å²) in [6, 6.07) is 0.420. The highest BCUT2D eigenvalue weighted by Crippen LogP contribution is 2.18. The molecule has 0 aromatic carbocycles. The molecule has 1 aliphatic heterocycles. The van der Waals surface area contributed by atoms with Gasteiger partial charge < -0.3 is 9.64 Å². The Morgan fingerprint density at radius 3 is 2.93 bits per heavy atom. The van der Waals surface area contributed by atoms with Gasteiger partial charge in [0, 0.05) is 6.04 Å². The third-order valence-corrected chi connectivity index (χ3v) is 2.83. The van der Waals surface area contributed by atoms with Gasteiger partial charge in [0.1, 0.15) is 0 Å². The number of hydrogen-bond donors (Lipinski definition) is 0. The van der Waals surface area contributed by atoms with Crippen LogP contribution in [0.25, 0.3) is 0 Å². The summed E-state index contributed by atoms with van der Waals surface area (Å²) in [7, 11) is 2.08. The fourth-order valence-electron chi connectivity index (χ4n) is 1.82. The van der Waals surface area contributed by atoms with Gasteiger partial charge >= 0.3 is 5.97 Å². The lowest BCUT2D eigenvalue weighted by Gasteiger charge is -2.18. The lowest BCUT2D eigenvalue weighted by Crippen LogP contribution is -2.28. The first-order chi connectivity index (χ1) is 6.74. The van der Waals surface area contributed by atoms with Crippen LogP contribution < -0.4 is 0 Å². The van der Waals surface area contributed by atoms with E-state index in [1.807, 2.05) is 0 Å². The second kappa shape index (κ2) is 6.02. The van der Waals surface area contributed by atoms with Gasteiger partial charge in [0.25, 0.3) is 0 Å². The molecule has 14 heavy (non-hydrogen) atoms. The molecule has 1 atom stereocenters. The van der Waals surface area contributed by atoms with Crippen LogP contribution in [0.3, 0.4) is 0 Å². The normalized spacial score (nSPS) is 22.6. The maximum atomic E-state index is 11.4. The second-order valence-corrected chi connectivity index (χ2v) is 4.05. The summed E-state index contributed by atoms with van der Waals surface area (Å²) >= 11 is 0. The zero-order valence-corrected chi connectivity index (χ0v) is 9.29. The number of unbranched alkanes of at least 4 members (excludes halogenated alkanes) is 1. The molecule has 82 valence electrons. The van der Waals surface area contributed by atoms with E-state index in [0.29, 0.717) is 19.1 Å². The average molecular weight is 199 g/mol. The Morgan fingerprint density at radius 1 is 1.57 bits per heavy atom. The van der Waals surface area contributed by atoms with E-state index in [2.05, 4.69) is 18.9 Å². The predicted molar refractivity (Wildman–Crippen MR) is 56.1 cm³/mol. The van der Waals surface area contributed by atoms with Crippen LogP contribution in [0.5, 0.6) is 0 Å². The van der Waals surface area contributed by atoms with Gasteiger partial charge in [-0.25, -0.2) is 0 Å². The van der Waals surface area contributed by atoms with Crippen molar-refractivity contribution in [2.45, 2.75) is 45.1 Å². The maximum Gasteiger partial charge on any atom is 0.307 e. The highest BCUT2D eigenvalue weighted by molar-refractivity contribution is 5.70. The molecule has 0 aliphatic carbocycles. The minimum atomic E-state index is -0.0304. The minimum Gasteiger partial charge on any atom is -0.466 e. The summed E-state index contributed by atoms with van der Waals surface area (Å²) in [4.78, 5) is 13.6. The molecule has 0 bridgehead atoms. The van der Waals surface area contributed by atoms with Crippen molar-refractivity contribution < 1.29 is 9.53 Å².